The number of Topliss-reactive ketones (excluding diaryl/α,β-unsaturated/α-hetero) is 1. The highest BCUT2D eigenvalue weighted by Gasteiger charge is 2.99. The van der Waals surface area contributed by atoms with Crippen molar-refractivity contribution in [1.29, 1.82) is 0 Å². The molecule has 0 aromatic carbocycles. The van der Waals surface area contributed by atoms with E-state index in [2.05, 4.69) is 10.0 Å². The van der Waals surface area contributed by atoms with Crippen LogP contribution in [-0.2, 0) is 4.79 Å². The summed E-state index contributed by atoms with van der Waals surface area (Å²) in [7, 11) is 0. The Morgan fingerprint density at radius 2 is 1.70 bits per heavy atom. The van der Waals surface area contributed by atoms with Crippen molar-refractivity contribution in [1.82, 2.24) is 0 Å². The molecule has 0 aromatic rings. The molecule has 0 heterocycles. The number of hydrogen-bond donors (Lipinski definition) is 4. The number of nitrogens with zero attached hydrogens (tertiary/aromatic N) is 3. The van der Waals surface area contributed by atoms with Crippen molar-refractivity contribution in [2.45, 2.75) is 50.6 Å². The molecule has 0 saturated heterocycles. The number of carbonyl (C=O) groups excluding carboxylic acids is 1. The van der Waals surface area contributed by atoms with Crippen molar-refractivity contribution < 1.29 is 25.2 Å². The fourth-order valence-corrected chi connectivity index (χ4v) is 3.71. The highest BCUT2D eigenvalue weighted by Crippen LogP contribution is 2.78. The van der Waals surface area contributed by atoms with Gasteiger partial charge in [0.1, 0.15) is 11.2 Å². The molecule has 2 fully saturated rings. The molecule has 0 bridgehead atoms. The standard InChI is InChI=1S/C12H19N3O5/c1-8(2)7(17)11(8,19)12(20)9(3,4)10(12,18)6(16)5-14-15-13/h6,16,18-20H,5H2,1-4H3/t6-,10-,11-,12+/m1/s1. The number of aliphatic hydroxyl groups excluding tert-OH is 1. The van der Waals surface area contributed by atoms with Gasteiger partial charge >= 0.3 is 0 Å². The molecule has 0 amide bonds. The molecule has 0 spiro atoms. The summed E-state index contributed by atoms with van der Waals surface area (Å²) in [5, 5.41) is 45.0. The number of ketones is 1. The Balaban J connectivity index is 2.44. The predicted octanol–water partition coefficient (Wildman–Crippen LogP) is -0.500. The minimum atomic E-state index is -2.20. The average molecular weight is 285 g/mol. The molecular weight excluding hydrogens is 266 g/mol. The first kappa shape index (κ1) is 15.2. The van der Waals surface area contributed by atoms with Crippen molar-refractivity contribution in [3.05, 3.63) is 10.4 Å². The van der Waals surface area contributed by atoms with Crippen LogP contribution < -0.4 is 0 Å². The van der Waals surface area contributed by atoms with Gasteiger partial charge < -0.3 is 20.4 Å². The zero-order valence-electron chi connectivity index (χ0n) is 11.8. The van der Waals surface area contributed by atoms with Crippen molar-refractivity contribution in [3.8, 4) is 0 Å². The molecule has 2 aliphatic carbocycles. The van der Waals surface area contributed by atoms with E-state index in [0.717, 1.165) is 0 Å². The van der Waals surface area contributed by atoms with E-state index in [1.54, 1.807) is 0 Å². The number of aliphatic hydroxyl groups is 4. The van der Waals surface area contributed by atoms with Gasteiger partial charge in [-0.2, -0.15) is 0 Å². The van der Waals surface area contributed by atoms with Gasteiger partial charge in [-0.25, -0.2) is 0 Å². The van der Waals surface area contributed by atoms with Crippen LogP contribution >= 0.6 is 0 Å². The van der Waals surface area contributed by atoms with Gasteiger partial charge in [0.25, 0.3) is 0 Å². The second kappa shape index (κ2) is 3.52. The van der Waals surface area contributed by atoms with Crippen molar-refractivity contribution >= 4 is 5.78 Å². The summed E-state index contributed by atoms with van der Waals surface area (Å²) >= 11 is 0. The lowest BCUT2D eigenvalue weighted by molar-refractivity contribution is -0.138. The van der Waals surface area contributed by atoms with E-state index in [4.69, 9.17) is 5.53 Å². The third-order valence-corrected chi connectivity index (χ3v) is 5.41. The van der Waals surface area contributed by atoms with Gasteiger partial charge in [-0.3, -0.25) is 4.79 Å². The van der Waals surface area contributed by atoms with Gasteiger partial charge in [-0.15, -0.1) is 0 Å². The summed E-state index contributed by atoms with van der Waals surface area (Å²) in [4.78, 5) is 14.4. The molecule has 0 unspecified atom stereocenters. The number of carbonyl (C=O) groups is 1. The molecule has 2 aliphatic rings. The van der Waals surface area contributed by atoms with Crippen LogP contribution in [0.25, 0.3) is 10.4 Å². The molecule has 0 aromatic heterocycles. The number of azide groups is 1. The zero-order valence-corrected chi connectivity index (χ0v) is 11.8. The van der Waals surface area contributed by atoms with E-state index in [1.165, 1.54) is 27.7 Å². The second-order valence-electron chi connectivity index (χ2n) is 6.70. The summed E-state index contributed by atoms with van der Waals surface area (Å²) in [6.45, 7) is 5.32. The summed E-state index contributed by atoms with van der Waals surface area (Å²) in [5.74, 6) is -0.590. The second-order valence-corrected chi connectivity index (χ2v) is 6.70. The first-order valence-corrected chi connectivity index (χ1v) is 6.30. The topological polar surface area (TPSA) is 147 Å². The first-order chi connectivity index (χ1) is 8.89. The van der Waals surface area contributed by atoms with Gasteiger partial charge in [0.2, 0.25) is 0 Å². The Labute approximate surface area is 115 Å². The lowest BCUT2D eigenvalue weighted by Crippen LogP contribution is -2.49. The summed E-state index contributed by atoms with van der Waals surface area (Å²) < 4.78 is 0. The molecule has 112 valence electrons. The minimum Gasteiger partial charge on any atom is -0.390 e. The van der Waals surface area contributed by atoms with Crippen LogP contribution in [0.1, 0.15) is 27.7 Å². The lowest BCUT2D eigenvalue weighted by Gasteiger charge is -2.25. The third kappa shape index (κ3) is 1.10. The Bertz CT molecular complexity index is 541. The quantitative estimate of drug-likeness (QED) is 0.312. The highest BCUT2D eigenvalue weighted by atomic mass is 16.4. The van der Waals surface area contributed by atoms with Crippen LogP contribution in [0.3, 0.4) is 0 Å². The molecule has 4 atom stereocenters. The van der Waals surface area contributed by atoms with Crippen LogP contribution in [0.15, 0.2) is 5.11 Å². The zero-order chi connectivity index (χ0) is 15.8. The summed E-state index contributed by atoms with van der Waals surface area (Å²) in [6, 6.07) is 0. The normalized spacial score (nSPS) is 45.5. The molecular formula is C12H19N3O5. The van der Waals surface area contributed by atoms with Crippen LogP contribution in [0.5, 0.6) is 0 Å². The molecule has 2 saturated carbocycles. The van der Waals surface area contributed by atoms with Crippen LogP contribution in [0, 0.1) is 10.8 Å². The van der Waals surface area contributed by atoms with E-state index in [0.29, 0.717) is 0 Å². The first-order valence-electron chi connectivity index (χ1n) is 6.30. The third-order valence-electron chi connectivity index (χ3n) is 5.41. The maximum Gasteiger partial charge on any atom is 0.177 e. The Hall–Kier alpha value is -1.18. The molecule has 8 heteroatoms. The maximum absolute atomic E-state index is 11.9. The monoisotopic (exact) mass is 285 g/mol. The molecule has 0 aliphatic heterocycles. The molecule has 20 heavy (non-hydrogen) atoms. The highest BCUT2D eigenvalue weighted by molar-refractivity contribution is 6.13. The largest absolute Gasteiger partial charge is 0.390 e. The Kier molecular flexibility index (Phi) is 2.68. The average Bonchev–Trinajstić information content (AvgIpc) is 2.95. The smallest absolute Gasteiger partial charge is 0.177 e. The lowest BCUT2D eigenvalue weighted by atomic mass is 9.93. The van der Waals surface area contributed by atoms with Crippen LogP contribution in [-0.4, -0.2) is 55.7 Å². The van der Waals surface area contributed by atoms with E-state index in [-0.39, 0.29) is 0 Å². The van der Waals surface area contributed by atoms with Crippen LogP contribution in [0.2, 0.25) is 0 Å². The molecule has 0 radical (unpaired) electrons. The predicted molar refractivity (Wildman–Crippen MR) is 67.4 cm³/mol. The SMILES string of the molecule is CC1(C)C(=O)[C@]1(O)[C@]1(O)C(C)(C)[C@]1(O)[C@H](O)CN=[N+]=[N-]. The van der Waals surface area contributed by atoms with Crippen molar-refractivity contribution in [2.24, 2.45) is 15.9 Å². The van der Waals surface area contributed by atoms with E-state index in [1.807, 2.05) is 0 Å². The molecule has 4 N–H and O–H groups in total. The van der Waals surface area contributed by atoms with Gasteiger partial charge in [-0.1, -0.05) is 19.0 Å². The fourth-order valence-electron chi connectivity index (χ4n) is 3.71. The summed E-state index contributed by atoms with van der Waals surface area (Å²) in [5.41, 5.74) is -0.737. The Morgan fingerprint density at radius 1 is 1.25 bits per heavy atom. The van der Waals surface area contributed by atoms with Crippen molar-refractivity contribution in [2.75, 3.05) is 6.54 Å². The summed E-state index contributed by atoms with van der Waals surface area (Å²) in [6.07, 6.45) is -1.59. The van der Waals surface area contributed by atoms with E-state index in [9.17, 15) is 25.2 Å². The molecule has 8 nitrogen and oxygen atoms in total. The van der Waals surface area contributed by atoms with Gasteiger partial charge in [0, 0.05) is 10.3 Å². The van der Waals surface area contributed by atoms with Gasteiger partial charge in [0.05, 0.1) is 18.1 Å². The molecule has 2 rings (SSSR count). The number of rotatable bonds is 4. The Morgan fingerprint density at radius 3 is 2.05 bits per heavy atom. The van der Waals surface area contributed by atoms with Gasteiger partial charge in [-0.05, 0) is 19.4 Å². The van der Waals surface area contributed by atoms with Gasteiger partial charge in [0.15, 0.2) is 11.4 Å². The van der Waals surface area contributed by atoms with E-state index < -0.39 is 46.1 Å². The fraction of sp³-hybridized carbons (Fsp3) is 0.917. The number of hydrogen-bond acceptors (Lipinski definition) is 6. The van der Waals surface area contributed by atoms with Crippen molar-refractivity contribution in [3.63, 3.8) is 0 Å². The minimum absolute atomic E-state index is 0.469. The maximum atomic E-state index is 11.9. The van der Waals surface area contributed by atoms with Crippen LogP contribution in [0.4, 0.5) is 0 Å². The van der Waals surface area contributed by atoms with E-state index >= 15 is 0 Å².